The molecule has 92 valence electrons. The molecule has 18 heavy (non-hydrogen) atoms. The normalized spacial score (nSPS) is 17.1. The fourth-order valence-electron chi connectivity index (χ4n) is 2.21. The monoisotopic (exact) mass is 351 g/mol. The van der Waals surface area contributed by atoms with Crippen LogP contribution < -0.4 is 10.1 Å². The van der Waals surface area contributed by atoms with Gasteiger partial charge in [-0.3, -0.25) is 0 Å². The van der Waals surface area contributed by atoms with E-state index in [-0.39, 0.29) is 0 Å². The second-order valence-corrected chi connectivity index (χ2v) is 5.68. The van der Waals surface area contributed by atoms with E-state index < -0.39 is 0 Å². The van der Waals surface area contributed by atoms with Crippen LogP contribution >= 0.6 is 22.6 Å². The molecule has 3 rings (SSSR count). The number of anilines is 1. The molecule has 2 aromatic rings. The molecule has 1 aliphatic heterocycles. The summed E-state index contributed by atoms with van der Waals surface area (Å²) < 4.78 is 6.93. The molecule has 1 atom stereocenters. The topological polar surface area (TPSA) is 21.3 Å². The first-order valence-electron chi connectivity index (χ1n) is 6.04. The Labute approximate surface area is 121 Å². The molecule has 0 amide bonds. The van der Waals surface area contributed by atoms with Crippen LogP contribution in [0.25, 0.3) is 0 Å². The van der Waals surface area contributed by atoms with Crippen molar-refractivity contribution in [2.45, 2.75) is 5.92 Å². The highest BCUT2D eigenvalue weighted by molar-refractivity contribution is 14.1. The van der Waals surface area contributed by atoms with Crippen LogP contribution in [-0.4, -0.2) is 13.2 Å². The van der Waals surface area contributed by atoms with E-state index in [0.29, 0.717) is 5.92 Å². The van der Waals surface area contributed by atoms with Gasteiger partial charge in [-0.1, -0.05) is 18.2 Å². The maximum atomic E-state index is 5.68. The van der Waals surface area contributed by atoms with Crippen molar-refractivity contribution >= 4 is 28.3 Å². The third-order valence-corrected chi connectivity index (χ3v) is 3.91. The number of para-hydroxylation sites is 1. The van der Waals surface area contributed by atoms with E-state index in [2.05, 4.69) is 64.3 Å². The Kier molecular flexibility index (Phi) is 3.41. The van der Waals surface area contributed by atoms with Gasteiger partial charge in [0.15, 0.2) is 0 Å². The third-order valence-electron chi connectivity index (χ3n) is 3.20. The van der Waals surface area contributed by atoms with Gasteiger partial charge in [0.05, 0.1) is 6.61 Å². The molecule has 1 unspecified atom stereocenters. The van der Waals surface area contributed by atoms with Crippen molar-refractivity contribution in [3.63, 3.8) is 0 Å². The maximum absolute atomic E-state index is 5.68. The highest BCUT2D eigenvalue weighted by Crippen LogP contribution is 2.33. The number of benzene rings is 2. The summed E-state index contributed by atoms with van der Waals surface area (Å²) in [6.45, 7) is 1.69. The summed E-state index contributed by atoms with van der Waals surface area (Å²) in [5.41, 5.74) is 2.48. The minimum absolute atomic E-state index is 0.445. The first kappa shape index (κ1) is 11.8. The summed E-state index contributed by atoms with van der Waals surface area (Å²) in [4.78, 5) is 0. The highest BCUT2D eigenvalue weighted by Gasteiger charge is 2.22. The molecular formula is C15H14INO. The Morgan fingerprint density at radius 2 is 1.89 bits per heavy atom. The van der Waals surface area contributed by atoms with E-state index in [1.165, 1.54) is 14.8 Å². The van der Waals surface area contributed by atoms with Crippen molar-refractivity contribution < 1.29 is 4.74 Å². The zero-order chi connectivity index (χ0) is 12.4. The van der Waals surface area contributed by atoms with Crippen LogP contribution in [0.4, 0.5) is 5.69 Å². The van der Waals surface area contributed by atoms with Gasteiger partial charge in [0.25, 0.3) is 0 Å². The van der Waals surface area contributed by atoms with E-state index >= 15 is 0 Å². The Bertz CT molecular complexity index is 538. The van der Waals surface area contributed by atoms with Gasteiger partial charge < -0.3 is 10.1 Å². The standard InChI is InChI=1S/C15H14INO/c16-12-5-7-13(8-6-12)17-9-11-10-18-15-4-2-1-3-14(11)15/h1-8,11,17H,9-10H2. The highest BCUT2D eigenvalue weighted by atomic mass is 127. The molecule has 0 aliphatic carbocycles. The minimum atomic E-state index is 0.445. The van der Waals surface area contributed by atoms with E-state index in [0.717, 1.165) is 18.9 Å². The SMILES string of the molecule is Ic1ccc(NCC2COc3ccccc32)cc1. The van der Waals surface area contributed by atoms with Gasteiger partial charge in [-0.2, -0.15) is 0 Å². The van der Waals surface area contributed by atoms with Crippen LogP contribution in [-0.2, 0) is 0 Å². The smallest absolute Gasteiger partial charge is 0.122 e. The second kappa shape index (κ2) is 5.18. The number of ether oxygens (including phenoxy) is 1. The van der Waals surface area contributed by atoms with Gasteiger partial charge in [-0.05, 0) is 52.9 Å². The van der Waals surface area contributed by atoms with Crippen molar-refractivity contribution in [1.82, 2.24) is 0 Å². The summed E-state index contributed by atoms with van der Waals surface area (Å²) in [7, 11) is 0. The zero-order valence-electron chi connectivity index (χ0n) is 9.90. The maximum Gasteiger partial charge on any atom is 0.122 e. The summed E-state index contributed by atoms with van der Waals surface area (Å²) in [5, 5.41) is 3.47. The Morgan fingerprint density at radius 3 is 2.72 bits per heavy atom. The average Bonchev–Trinajstić information content (AvgIpc) is 2.82. The summed E-state index contributed by atoms with van der Waals surface area (Å²) >= 11 is 2.32. The number of hydrogen-bond donors (Lipinski definition) is 1. The quantitative estimate of drug-likeness (QED) is 0.848. The number of rotatable bonds is 3. The van der Waals surface area contributed by atoms with Crippen LogP contribution in [0.15, 0.2) is 48.5 Å². The van der Waals surface area contributed by atoms with Gasteiger partial charge in [0.1, 0.15) is 5.75 Å². The lowest BCUT2D eigenvalue weighted by molar-refractivity contribution is 0.334. The molecule has 0 fully saturated rings. The van der Waals surface area contributed by atoms with Crippen LogP contribution in [0.5, 0.6) is 5.75 Å². The van der Waals surface area contributed by atoms with Crippen LogP contribution in [0.3, 0.4) is 0 Å². The van der Waals surface area contributed by atoms with Gasteiger partial charge in [-0.25, -0.2) is 0 Å². The molecule has 1 aliphatic rings. The molecule has 0 bridgehead atoms. The third kappa shape index (κ3) is 2.46. The molecule has 1 heterocycles. The molecule has 0 aromatic heterocycles. The Balaban J connectivity index is 1.67. The van der Waals surface area contributed by atoms with Crippen molar-refractivity contribution in [1.29, 1.82) is 0 Å². The Hall–Kier alpha value is -1.23. The Morgan fingerprint density at radius 1 is 1.11 bits per heavy atom. The van der Waals surface area contributed by atoms with Gasteiger partial charge in [0.2, 0.25) is 0 Å². The summed E-state index contributed by atoms with van der Waals surface area (Å²) in [6, 6.07) is 16.7. The largest absolute Gasteiger partial charge is 0.493 e. The van der Waals surface area contributed by atoms with E-state index in [4.69, 9.17) is 4.74 Å². The molecule has 0 radical (unpaired) electrons. The van der Waals surface area contributed by atoms with Crippen molar-refractivity contribution in [2.24, 2.45) is 0 Å². The van der Waals surface area contributed by atoms with Crippen molar-refractivity contribution in [2.75, 3.05) is 18.5 Å². The fourth-order valence-corrected chi connectivity index (χ4v) is 2.57. The molecule has 2 nitrogen and oxygen atoms in total. The number of fused-ring (bicyclic) bond motifs is 1. The molecule has 0 saturated carbocycles. The zero-order valence-corrected chi connectivity index (χ0v) is 12.1. The lowest BCUT2D eigenvalue weighted by Crippen LogP contribution is -2.13. The summed E-state index contributed by atoms with van der Waals surface area (Å²) in [5.74, 6) is 1.48. The number of nitrogens with one attached hydrogen (secondary N) is 1. The molecule has 0 saturated heterocycles. The van der Waals surface area contributed by atoms with E-state index in [1.807, 2.05) is 12.1 Å². The molecule has 2 aromatic carbocycles. The minimum Gasteiger partial charge on any atom is -0.493 e. The predicted molar refractivity (Wildman–Crippen MR) is 82.3 cm³/mol. The van der Waals surface area contributed by atoms with E-state index in [1.54, 1.807) is 0 Å². The second-order valence-electron chi connectivity index (χ2n) is 4.43. The van der Waals surface area contributed by atoms with Gasteiger partial charge in [-0.15, -0.1) is 0 Å². The van der Waals surface area contributed by atoms with Gasteiger partial charge >= 0.3 is 0 Å². The number of halogens is 1. The molecule has 1 N–H and O–H groups in total. The lowest BCUT2D eigenvalue weighted by Gasteiger charge is -2.11. The molecule has 0 spiro atoms. The summed E-state index contributed by atoms with van der Waals surface area (Å²) in [6.07, 6.45) is 0. The van der Waals surface area contributed by atoms with Crippen LogP contribution in [0.1, 0.15) is 11.5 Å². The first-order chi connectivity index (χ1) is 8.83. The average molecular weight is 351 g/mol. The lowest BCUT2D eigenvalue weighted by atomic mass is 10.0. The van der Waals surface area contributed by atoms with Crippen molar-refractivity contribution in [3.05, 3.63) is 57.7 Å². The number of hydrogen-bond acceptors (Lipinski definition) is 2. The molecular weight excluding hydrogens is 337 g/mol. The fraction of sp³-hybridized carbons (Fsp3) is 0.200. The van der Waals surface area contributed by atoms with Crippen LogP contribution in [0, 0.1) is 3.57 Å². The van der Waals surface area contributed by atoms with Gasteiger partial charge in [0, 0.05) is 27.3 Å². The first-order valence-corrected chi connectivity index (χ1v) is 7.12. The van der Waals surface area contributed by atoms with E-state index in [9.17, 15) is 0 Å². The molecule has 3 heteroatoms. The van der Waals surface area contributed by atoms with Crippen molar-refractivity contribution in [3.8, 4) is 5.75 Å². The predicted octanol–water partition coefficient (Wildman–Crippen LogP) is 3.88. The van der Waals surface area contributed by atoms with Crippen LogP contribution in [0.2, 0.25) is 0 Å².